The first kappa shape index (κ1) is 15.0. The number of hydrogen-bond donors (Lipinski definition) is 0. The van der Waals surface area contributed by atoms with Gasteiger partial charge in [-0.05, 0) is 31.9 Å². The summed E-state index contributed by atoms with van der Waals surface area (Å²) in [5.41, 5.74) is 1.31. The van der Waals surface area contributed by atoms with Gasteiger partial charge in [-0.15, -0.1) is 0 Å². The Morgan fingerprint density at radius 1 is 1.25 bits per heavy atom. The third-order valence-corrected chi connectivity index (χ3v) is 4.17. The molecule has 1 aromatic rings. The van der Waals surface area contributed by atoms with Crippen LogP contribution in [0.4, 0.5) is 0 Å². The van der Waals surface area contributed by atoms with Gasteiger partial charge in [-0.1, -0.05) is 43.7 Å². The van der Waals surface area contributed by atoms with E-state index in [1.54, 1.807) is 0 Å². The summed E-state index contributed by atoms with van der Waals surface area (Å²) in [4.78, 5) is 14.5. The lowest BCUT2D eigenvalue weighted by Gasteiger charge is -2.31. The zero-order chi connectivity index (χ0) is 14.4. The van der Waals surface area contributed by atoms with Crippen molar-refractivity contribution in [1.82, 2.24) is 4.90 Å². The second-order valence-electron chi connectivity index (χ2n) is 5.41. The SMILES string of the molecule is CCOC(=O)[C@H]1CCC[C@@H]1N(CC)Cc1ccccc1. The Labute approximate surface area is 121 Å². The van der Waals surface area contributed by atoms with Crippen LogP contribution in [0.5, 0.6) is 0 Å². The van der Waals surface area contributed by atoms with Gasteiger partial charge in [-0.3, -0.25) is 9.69 Å². The Hall–Kier alpha value is -1.35. The second-order valence-corrected chi connectivity index (χ2v) is 5.41. The van der Waals surface area contributed by atoms with Crippen molar-refractivity contribution in [3.8, 4) is 0 Å². The molecule has 110 valence electrons. The third kappa shape index (κ3) is 3.60. The maximum atomic E-state index is 12.1. The van der Waals surface area contributed by atoms with E-state index in [0.29, 0.717) is 12.6 Å². The van der Waals surface area contributed by atoms with Gasteiger partial charge in [0.2, 0.25) is 0 Å². The highest BCUT2D eigenvalue weighted by Crippen LogP contribution is 2.31. The summed E-state index contributed by atoms with van der Waals surface area (Å²) >= 11 is 0. The van der Waals surface area contributed by atoms with Crippen molar-refractivity contribution in [2.24, 2.45) is 5.92 Å². The van der Waals surface area contributed by atoms with E-state index in [2.05, 4.69) is 36.1 Å². The molecule has 2 atom stereocenters. The maximum absolute atomic E-state index is 12.1. The molecule has 0 aromatic heterocycles. The first-order valence-electron chi connectivity index (χ1n) is 7.70. The van der Waals surface area contributed by atoms with Gasteiger partial charge in [0.05, 0.1) is 12.5 Å². The summed E-state index contributed by atoms with van der Waals surface area (Å²) < 4.78 is 5.24. The monoisotopic (exact) mass is 275 g/mol. The van der Waals surface area contributed by atoms with E-state index < -0.39 is 0 Å². The molecule has 1 fully saturated rings. The minimum Gasteiger partial charge on any atom is -0.466 e. The number of benzene rings is 1. The van der Waals surface area contributed by atoms with Crippen molar-refractivity contribution in [2.45, 2.75) is 45.7 Å². The van der Waals surface area contributed by atoms with E-state index in [0.717, 1.165) is 32.4 Å². The minimum atomic E-state index is -0.0125. The van der Waals surface area contributed by atoms with Gasteiger partial charge in [0.25, 0.3) is 0 Å². The summed E-state index contributed by atoms with van der Waals surface area (Å²) in [5, 5.41) is 0. The quantitative estimate of drug-likeness (QED) is 0.746. The van der Waals surface area contributed by atoms with E-state index in [1.807, 2.05) is 13.0 Å². The summed E-state index contributed by atoms with van der Waals surface area (Å²) in [6, 6.07) is 10.8. The van der Waals surface area contributed by atoms with Gasteiger partial charge in [-0.2, -0.15) is 0 Å². The highest BCUT2D eigenvalue weighted by molar-refractivity contribution is 5.73. The van der Waals surface area contributed by atoms with Crippen LogP contribution in [0, 0.1) is 5.92 Å². The van der Waals surface area contributed by atoms with Crippen molar-refractivity contribution < 1.29 is 9.53 Å². The zero-order valence-electron chi connectivity index (χ0n) is 12.5. The molecule has 0 unspecified atom stereocenters. The van der Waals surface area contributed by atoms with Crippen LogP contribution in [0.15, 0.2) is 30.3 Å². The first-order valence-corrected chi connectivity index (χ1v) is 7.70. The van der Waals surface area contributed by atoms with Crippen molar-refractivity contribution in [2.75, 3.05) is 13.2 Å². The largest absolute Gasteiger partial charge is 0.466 e. The normalized spacial score (nSPS) is 22.1. The predicted octanol–water partition coefficient (Wildman–Crippen LogP) is 3.24. The Bertz CT molecular complexity index is 418. The fraction of sp³-hybridized carbons (Fsp3) is 0.588. The lowest BCUT2D eigenvalue weighted by Crippen LogP contribution is -2.40. The van der Waals surface area contributed by atoms with E-state index in [4.69, 9.17) is 4.74 Å². The van der Waals surface area contributed by atoms with Gasteiger partial charge in [-0.25, -0.2) is 0 Å². The number of hydrogen-bond acceptors (Lipinski definition) is 3. The molecule has 0 saturated heterocycles. The van der Waals surface area contributed by atoms with E-state index in [1.165, 1.54) is 5.56 Å². The highest BCUT2D eigenvalue weighted by Gasteiger charge is 2.37. The average Bonchev–Trinajstić information content (AvgIpc) is 2.95. The van der Waals surface area contributed by atoms with Crippen LogP contribution in [0.3, 0.4) is 0 Å². The predicted molar refractivity (Wildman–Crippen MR) is 80.3 cm³/mol. The van der Waals surface area contributed by atoms with Crippen LogP contribution in [0.2, 0.25) is 0 Å². The summed E-state index contributed by atoms with van der Waals surface area (Å²) in [7, 11) is 0. The molecule has 2 rings (SSSR count). The minimum absolute atomic E-state index is 0.0125. The molecule has 0 amide bonds. The topological polar surface area (TPSA) is 29.5 Å². The lowest BCUT2D eigenvalue weighted by atomic mass is 10.0. The fourth-order valence-corrected chi connectivity index (χ4v) is 3.18. The third-order valence-electron chi connectivity index (χ3n) is 4.17. The van der Waals surface area contributed by atoms with Gasteiger partial charge in [0.1, 0.15) is 0 Å². The van der Waals surface area contributed by atoms with Crippen LogP contribution in [-0.2, 0) is 16.1 Å². The number of nitrogens with zero attached hydrogens (tertiary/aromatic N) is 1. The molecule has 20 heavy (non-hydrogen) atoms. The van der Waals surface area contributed by atoms with Crippen LogP contribution < -0.4 is 0 Å². The molecule has 0 aliphatic heterocycles. The van der Waals surface area contributed by atoms with E-state index >= 15 is 0 Å². The summed E-state index contributed by atoms with van der Waals surface area (Å²) in [6.07, 6.45) is 3.19. The number of carbonyl (C=O) groups is 1. The van der Waals surface area contributed by atoms with Crippen molar-refractivity contribution in [3.63, 3.8) is 0 Å². The highest BCUT2D eigenvalue weighted by atomic mass is 16.5. The Balaban J connectivity index is 2.04. The lowest BCUT2D eigenvalue weighted by molar-refractivity contribution is -0.149. The summed E-state index contributed by atoms with van der Waals surface area (Å²) in [5.74, 6) is 0.0418. The molecular formula is C17H25NO2. The molecule has 3 heteroatoms. The molecule has 1 aromatic carbocycles. The standard InChI is InChI=1S/C17H25NO2/c1-3-18(13-14-9-6-5-7-10-14)16-12-8-11-15(16)17(19)20-4-2/h5-7,9-10,15-16H,3-4,8,11-13H2,1-2H3/t15-,16-/m0/s1. The number of carbonyl (C=O) groups excluding carboxylic acids is 1. The van der Waals surface area contributed by atoms with Crippen molar-refractivity contribution >= 4 is 5.97 Å². The van der Waals surface area contributed by atoms with Crippen molar-refractivity contribution in [3.05, 3.63) is 35.9 Å². The summed E-state index contributed by atoms with van der Waals surface area (Å²) in [6.45, 7) is 6.41. The van der Waals surface area contributed by atoms with Gasteiger partial charge < -0.3 is 4.74 Å². The molecular weight excluding hydrogens is 250 g/mol. The molecule has 0 bridgehead atoms. The number of ether oxygens (including phenoxy) is 1. The average molecular weight is 275 g/mol. The Morgan fingerprint density at radius 3 is 2.65 bits per heavy atom. The molecule has 0 radical (unpaired) electrons. The number of esters is 1. The second kappa shape index (κ2) is 7.44. The molecule has 1 aliphatic rings. The zero-order valence-corrected chi connectivity index (χ0v) is 12.5. The van der Waals surface area contributed by atoms with Crippen LogP contribution >= 0.6 is 0 Å². The maximum Gasteiger partial charge on any atom is 0.310 e. The molecule has 1 saturated carbocycles. The van der Waals surface area contributed by atoms with Crippen LogP contribution in [0.1, 0.15) is 38.7 Å². The van der Waals surface area contributed by atoms with E-state index in [-0.39, 0.29) is 11.9 Å². The molecule has 3 nitrogen and oxygen atoms in total. The van der Waals surface area contributed by atoms with Gasteiger partial charge in [0.15, 0.2) is 0 Å². The van der Waals surface area contributed by atoms with Crippen LogP contribution in [0.25, 0.3) is 0 Å². The smallest absolute Gasteiger partial charge is 0.310 e. The molecule has 0 heterocycles. The number of rotatable bonds is 6. The molecule has 1 aliphatic carbocycles. The molecule has 0 spiro atoms. The van der Waals surface area contributed by atoms with Crippen LogP contribution in [-0.4, -0.2) is 30.1 Å². The van der Waals surface area contributed by atoms with Gasteiger partial charge >= 0.3 is 5.97 Å². The van der Waals surface area contributed by atoms with E-state index in [9.17, 15) is 4.79 Å². The van der Waals surface area contributed by atoms with Gasteiger partial charge in [0, 0.05) is 12.6 Å². The fourth-order valence-electron chi connectivity index (χ4n) is 3.18. The first-order chi connectivity index (χ1) is 9.76. The Morgan fingerprint density at radius 2 is 2.00 bits per heavy atom. The molecule has 0 N–H and O–H groups in total. The Kier molecular flexibility index (Phi) is 5.60. The van der Waals surface area contributed by atoms with Crippen molar-refractivity contribution in [1.29, 1.82) is 0 Å².